The number of hydrogen-bond acceptors (Lipinski definition) is 2. The van der Waals surface area contributed by atoms with Gasteiger partial charge in [-0.2, -0.15) is 0 Å². The van der Waals surface area contributed by atoms with Crippen LogP contribution in [0.3, 0.4) is 0 Å². The van der Waals surface area contributed by atoms with Crippen LogP contribution in [0.1, 0.15) is 12.0 Å². The Bertz CT molecular complexity index is 486. The monoisotopic (exact) mass is 230 g/mol. The number of benzene rings is 1. The fourth-order valence-electron chi connectivity index (χ4n) is 2.46. The van der Waals surface area contributed by atoms with Gasteiger partial charge in [0.05, 0.1) is 12.7 Å². The normalized spacial score (nSPS) is 20.8. The standard InChI is InChI=1S/C14H18N2O/c1-2-4-14-13(3-1)11(9-16-14)5-6-12-10-15-7-8-17-12/h1-4,9,12,15-16H,5-8,10H2. The number of aromatic amines is 1. The van der Waals surface area contributed by atoms with Gasteiger partial charge in [0.2, 0.25) is 0 Å². The zero-order chi connectivity index (χ0) is 11.5. The molecular weight excluding hydrogens is 212 g/mol. The summed E-state index contributed by atoms with van der Waals surface area (Å²) in [6, 6.07) is 8.47. The molecule has 2 heterocycles. The molecule has 0 bridgehead atoms. The van der Waals surface area contributed by atoms with E-state index >= 15 is 0 Å². The van der Waals surface area contributed by atoms with Crippen LogP contribution in [0, 0.1) is 0 Å². The third kappa shape index (κ3) is 2.35. The second-order valence-electron chi connectivity index (χ2n) is 4.60. The van der Waals surface area contributed by atoms with E-state index in [1.165, 1.54) is 16.5 Å². The predicted octanol–water partition coefficient (Wildman–Crippen LogP) is 2.09. The molecule has 3 rings (SSSR count). The van der Waals surface area contributed by atoms with E-state index < -0.39 is 0 Å². The van der Waals surface area contributed by atoms with Crippen LogP contribution in [-0.2, 0) is 11.2 Å². The summed E-state index contributed by atoms with van der Waals surface area (Å²) in [5, 5.41) is 4.71. The summed E-state index contributed by atoms with van der Waals surface area (Å²) in [5.74, 6) is 0. The second kappa shape index (κ2) is 4.90. The minimum Gasteiger partial charge on any atom is -0.376 e. The third-order valence-corrected chi connectivity index (χ3v) is 3.41. The summed E-state index contributed by atoms with van der Waals surface area (Å²) < 4.78 is 5.72. The Morgan fingerprint density at radius 3 is 3.12 bits per heavy atom. The van der Waals surface area contributed by atoms with E-state index in [2.05, 4.69) is 40.8 Å². The highest BCUT2D eigenvalue weighted by Gasteiger charge is 2.13. The molecule has 0 saturated carbocycles. The molecule has 1 aliphatic rings. The maximum absolute atomic E-state index is 5.72. The first kappa shape index (κ1) is 10.8. The van der Waals surface area contributed by atoms with E-state index in [0.29, 0.717) is 6.10 Å². The minimum atomic E-state index is 0.373. The number of nitrogens with one attached hydrogen (secondary N) is 2. The van der Waals surface area contributed by atoms with Crippen molar-refractivity contribution in [2.24, 2.45) is 0 Å². The van der Waals surface area contributed by atoms with Crippen molar-refractivity contribution >= 4 is 10.9 Å². The lowest BCUT2D eigenvalue weighted by molar-refractivity contribution is 0.0239. The predicted molar refractivity (Wildman–Crippen MR) is 69.2 cm³/mol. The van der Waals surface area contributed by atoms with Gasteiger partial charge >= 0.3 is 0 Å². The number of ether oxygens (including phenoxy) is 1. The SMILES string of the molecule is c1ccc2c(CCC3CNCCO3)c[nH]c2c1. The molecule has 1 aromatic heterocycles. The molecule has 2 aromatic rings. The van der Waals surface area contributed by atoms with Crippen molar-refractivity contribution in [3.8, 4) is 0 Å². The van der Waals surface area contributed by atoms with Crippen LogP contribution in [0.15, 0.2) is 30.5 Å². The number of rotatable bonds is 3. The summed E-state index contributed by atoms with van der Waals surface area (Å²) in [7, 11) is 0. The van der Waals surface area contributed by atoms with Crippen molar-refractivity contribution in [1.82, 2.24) is 10.3 Å². The van der Waals surface area contributed by atoms with Crippen LogP contribution < -0.4 is 5.32 Å². The smallest absolute Gasteiger partial charge is 0.0703 e. The second-order valence-corrected chi connectivity index (χ2v) is 4.60. The van der Waals surface area contributed by atoms with Crippen LogP contribution in [0.2, 0.25) is 0 Å². The van der Waals surface area contributed by atoms with E-state index in [4.69, 9.17) is 4.74 Å². The summed E-state index contributed by atoms with van der Waals surface area (Å²) in [6.45, 7) is 2.82. The van der Waals surface area contributed by atoms with Gasteiger partial charge in [-0.1, -0.05) is 18.2 Å². The fourth-order valence-corrected chi connectivity index (χ4v) is 2.46. The van der Waals surface area contributed by atoms with E-state index in [-0.39, 0.29) is 0 Å². The average molecular weight is 230 g/mol. The van der Waals surface area contributed by atoms with Gasteiger partial charge in [-0.3, -0.25) is 0 Å². The summed E-state index contributed by atoms with van der Waals surface area (Å²) in [6.07, 6.45) is 4.67. The first-order chi connectivity index (χ1) is 8.43. The number of hydrogen-bond donors (Lipinski definition) is 2. The van der Waals surface area contributed by atoms with E-state index in [1.807, 2.05) is 0 Å². The highest BCUT2D eigenvalue weighted by molar-refractivity contribution is 5.82. The van der Waals surface area contributed by atoms with Gasteiger partial charge in [-0.15, -0.1) is 0 Å². The van der Waals surface area contributed by atoms with E-state index in [1.54, 1.807) is 0 Å². The zero-order valence-corrected chi connectivity index (χ0v) is 9.91. The molecular formula is C14H18N2O. The highest BCUT2D eigenvalue weighted by Crippen LogP contribution is 2.20. The largest absolute Gasteiger partial charge is 0.376 e. The van der Waals surface area contributed by atoms with Gasteiger partial charge in [-0.05, 0) is 24.5 Å². The van der Waals surface area contributed by atoms with Gasteiger partial charge in [-0.25, -0.2) is 0 Å². The maximum Gasteiger partial charge on any atom is 0.0703 e. The van der Waals surface area contributed by atoms with E-state index in [9.17, 15) is 0 Å². The van der Waals surface area contributed by atoms with Gasteiger partial charge in [0.25, 0.3) is 0 Å². The Balaban J connectivity index is 1.68. The topological polar surface area (TPSA) is 37.0 Å². The van der Waals surface area contributed by atoms with Crippen LogP contribution in [0.4, 0.5) is 0 Å². The Labute approximate surface area is 101 Å². The zero-order valence-electron chi connectivity index (χ0n) is 9.91. The van der Waals surface area contributed by atoms with Gasteiger partial charge < -0.3 is 15.0 Å². The number of aryl methyl sites for hydroxylation is 1. The lowest BCUT2D eigenvalue weighted by Crippen LogP contribution is -2.38. The quantitative estimate of drug-likeness (QED) is 0.847. The van der Waals surface area contributed by atoms with Crippen LogP contribution in [-0.4, -0.2) is 30.8 Å². The lowest BCUT2D eigenvalue weighted by atomic mass is 10.1. The molecule has 0 amide bonds. The fraction of sp³-hybridized carbons (Fsp3) is 0.429. The van der Waals surface area contributed by atoms with Crippen molar-refractivity contribution in [3.63, 3.8) is 0 Å². The Kier molecular flexibility index (Phi) is 3.12. The van der Waals surface area contributed by atoms with Gasteiger partial charge in [0.1, 0.15) is 0 Å². The maximum atomic E-state index is 5.72. The van der Waals surface area contributed by atoms with Crippen molar-refractivity contribution in [2.45, 2.75) is 18.9 Å². The van der Waals surface area contributed by atoms with Crippen molar-refractivity contribution < 1.29 is 4.74 Å². The van der Waals surface area contributed by atoms with Crippen LogP contribution in [0.5, 0.6) is 0 Å². The first-order valence-corrected chi connectivity index (χ1v) is 6.31. The van der Waals surface area contributed by atoms with Gasteiger partial charge in [0, 0.05) is 30.2 Å². The molecule has 1 unspecified atom stereocenters. The number of morpholine rings is 1. The summed E-state index contributed by atoms with van der Waals surface area (Å²) in [4.78, 5) is 3.32. The van der Waals surface area contributed by atoms with Crippen molar-refractivity contribution in [2.75, 3.05) is 19.7 Å². The number of fused-ring (bicyclic) bond motifs is 1. The number of para-hydroxylation sites is 1. The average Bonchev–Trinajstić information content (AvgIpc) is 2.81. The summed E-state index contributed by atoms with van der Waals surface area (Å²) >= 11 is 0. The van der Waals surface area contributed by atoms with Crippen LogP contribution in [0.25, 0.3) is 10.9 Å². The van der Waals surface area contributed by atoms with E-state index in [0.717, 1.165) is 32.5 Å². The van der Waals surface area contributed by atoms with Crippen molar-refractivity contribution in [3.05, 3.63) is 36.0 Å². The Morgan fingerprint density at radius 2 is 2.24 bits per heavy atom. The molecule has 90 valence electrons. The molecule has 3 nitrogen and oxygen atoms in total. The molecule has 1 aliphatic heterocycles. The molecule has 1 aromatic carbocycles. The van der Waals surface area contributed by atoms with Crippen LogP contribution >= 0.6 is 0 Å². The summed E-state index contributed by atoms with van der Waals surface area (Å²) in [5.41, 5.74) is 2.62. The number of H-pyrrole nitrogens is 1. The Morgan fingerprint density at radius 1 is 1.29 bits per heavy atom. The molecule has 0 spiro atoms. The van der Waals surface area contributed by atoms with Gasteiger partial charge in [0.15, 0.2) is 0 Å². The molecule has 3 heteroatoms. The first-order valence-electron chi connectivity index (χ1n) is 6.31. The lowest BCUT2D eigenvalue weighted by Gasteiger charge is -2.23. The third-order valence-electron chi connectivity index (χ3n) is 3.41. The molecule has 1 atom stereocenters. The number of aromatic nitrogens is 1. The Hall–Kier alpha value is -1.32. The molecule has 2 N–H and O–H groups in total. The molecule has 17 heavy (non-hydrogen) atoms. The van der Waals surface area contributed by atoms with Crippen molar-refractivity contribution in [1.29, 1.82) is 0 Å². The molecule has 1 fully saturated rings. The molecule has 0 radical (unpaired) electrons. The highest BCUT2D eigenvalue weighted by atomic mass is 16.5. The minimum absolute atomic E-state index is 0.373. The molecule has 0 aliphatic carbocycles. The molecule has 1 saturated heterocycles.